The summed E-state index contributed by atoms with van der Waals surface area (Å²) in [5, 5.41) is 0. The van der Waals surface area contributed by atoms with E-state index >= 15 is 0 Å². The van der Waals surface area contributed by atoms with Crippen molar-refractivity contribution in [1.29, 1.82) is 0 Å². The van der Waals surface area contributed by atoms with Gasteiger partial charge in [-0.1, -0.05) is 0 Å². The smallest absolute Gasteiger partial charge is 0.0823 e. The van der Waals surface area contributed by atoms with Crippen LogP contribution in [0.4, 0.5) is 0 Å². The number of hydrogen-bond donors (Lipinski definition) is 0. The molecule has 0 radical (unpaired) electrons. The maximum absolute atomic E-state index is 6.24. The van der Waals surface area contributed by atoms with Crippen LogP contribution < -0.4 is 0 Å². The molecule has 6 atom stereocenters. The molecule has 0 aromatic heterocycles. The molecule has 1 aliphatic carbocycles. The Hall–Kier alpha value is 1.28. The predicted octanol–water partition coefficient (Wildman–Crippen LogP) is 3.09. The molecule has 0 aromatic rings. The molecule has 68 valence electrons. The summed E-state index contributed by atoms with van der Waals surface area (Å²) in [5.41, 5.74) is 0. The largest absolute Gasteiger partial charge is 0.142 e. The van der Waals surface area contributed by atoms with Crippen molar-refractivity contribution in [2.75, 3.05) is 11.5 Å². The summed E-state index contributed by atoms with van der Waals surface area (Å²) < 4.78 is 0.715. The molecule has 0 spiro atoms. The van der Waals surface area contributed by atoms with Crippen molar-refractivity contribution >= 4 is 46.7 Å². The first kappa shape index (κ1) is 8.58. The second-order valence-corrected chi connectivity index (χ2v) is 7.66. The zero-order chi connectivity index (χ0) is 8.29. The van der Waals surface area contributed by atoms with Crippen LogP contribution in [0.1, 0.15) is 0 Å². The highest BCUT2D eigenvalue weighted by molar-refractivity contribution is 8.02. The molecule has 0 bridgehead atoms. The zero-order valence-corrected chi connectivity index (χ0v) is 9.60. The van der Waals surface area contributed by atoms with Crippen molar-refractivity contribution in [2.24, 2.45) is 23.7 Å². The molecule has 0 aromatic carbocycles. The summed E-state index contributed by atoms with van der Waals surface area (Å²) in [7, 11) is 0. The van der Waals surface area contributed by atoms with Gasteiger partial charge in [0.1, 0.15) is 0 Å². The summed E-state index contributed by atoms with van der Waals surface area (Å²) in [5.74, 6) is 5.84. The number of alkyl halides is 2. The first-order valence-electron chi connectivity index (χ1n) is 4.30. The van der Waals surface area contributed by atoms with Crippen LogP contribution in [0.2, 0.25) is 0 Å². The van der Waals surface area contributed by atoms with Gasteiger partial charge in [0, 0.05) is 0 Å². The monoisotopic (exact) mass is 240 g/mol. The first-order valence-corrected chi connectivity index (χ1v) is 7.27. The van der Waals surface area contributed by atoms with Gasteiger partial charge in [-0.15, -0.1) is 46.7 Å². The minimum Gasteiger partial charge on any atom is -0.142 e. The van der Waals surface area contributed by atoms with E-state index in [1.807, 2.05) is 23.5 Å². The van der Waals surface area contributed by atoms with E-state index in [2.05, 4.69) is 0 Å². The maximum atomic E-state index is 6.24. The second-order valence-electron chi connectivity index (χ2n) is 3.85. The standard InChI is InChI=1S/C8H10Cl2S2/c9-7-5-3(1-11-7)4-2-12-8(10)6(4)5/h3-8H,1-2H2/t3-,4-,5-,6-,7+,8+/m0/s1. The molecule has 3 aliphatic rings. The van der Waals surface area contributed by atoms with E-state index in [0.717, 1.165) is 23.7 Å². The van der Waals surface area contributed by atoms with E-state index in [1.165, 1.54) is 11.5 Å². The molecule has 1 saturated carbocycles. The molecule has 0 amide bonds. The fourth-order valence-corrected chi connectivity index (χ4v) is 6.94. The maximum Gasteiger partial charge on any atom is 0.0823 e. The topological polar surface area (TPSA) is 0 Å². The van der Waals surface area contributed by atoms with Crippen molar-refractivity contribution in [1.82, 2.24) is 0 Å². The lowest BCUT2D eigenvalue weighted by molar-refractivity contribution is 0.0501. The number of hydrogen-bond acceptors (Lipinski definition) is 2. The Bertz CT molecular complexity index is 189. The van der Waals surface area contributed by atoms with Gasteiger partial charge in [0.25, 0.3) is 0 Å². The van der Waals surface area contributed by atoms with Crippen LogP contribution in [0.15, 0.2) is 0 Å². The lowest BCUT2D eigenvalue weighted by atomic mass is 9.60. The Morgan fingerprint density at radius 3 is 1.67 bits per heavy atom. The van der Waals surface area contributed by atoms with E-state index in [1.54, 1.807) is 0 Å². The van der Waals surface area contributed by atoms with E-state index < -0.39 is 0 Å². The van der Waals surface area contributed by atoms with E-state index in [-0.39, 0.29) is 0 Å². The van der Waals surface area contributed by atoms with E-state index in [4.69, 9.17) is 23.2 Å². The summed E-state index contributed by atoms with van der Waals surface area (Å²) in [6.07, 6.45) is 0. The van der Waals surface area contributed by atoms with Gasteiger partial charge in [0.2, 0.25) is 0 Å². The lowest BCUT2D eigenvalue weighted by Crippen LogP contribution is -2.48. The van der Waals surface area contributed by atoms with Gasteiger partial charge in [-0.3, -0.25) is 0 Å². The van der Waals surface area contributed by atoms with Crippen LogP contribution in [0.5, 0.6) is 0 Å². The van der Waals surface area contributed by atoms with Gasteiger partial charge in [-0.05, 0) is 35.2 Å². The van der Waals surface area contributed by atoms with Crippen LogP contribution >= 0.6 is 46.7 Å². The normalized spacial score (nSPS) is 62.5. The minimum absolute atomic E-state index is 0.358. The molecular weight excluding hydrogens is 231 g/mol. The number of halogens is 2. The molecule has 3 fully saturated rings. The fraction of sp³-hybridized carbons (Fsp3) is 1.00. The van der Waals surface area contributed by atoms with Gasteiger partial charge in [-0.2, -0.15) is 0 Å². The minimum atomic E-state index is 0.358. The molecule has 0 unspecified atom stereocenters. The average molecular weight is 241 g/mol. The molecule has 3 rings (SSSR count). The first-order chi connectivity index (χ1) is 5.79. The average Bonchev–Trinajstić information content (AvgIpc) is 2.41. The van der Waals surface area contributed by atoms with Crippen molar-refractivity contribution < 1.29 is 0 Å². The summed E-state index contributed by atoms with van der Waals surface area (Å²) in [6, 6.07) is 0. The van der Waals surface area contributed by atoms with Crippen LogP contribution in [0, 0.1) is 23.7 Å². The van der Waals surface area contributed by atoms with Gasteiger partial charge >= 0.3 is 0 Å². The third-order valence-corrected chi connectivity index (χ3v) is 7.24. The SMILES string of the molecule is Cl[C@@H]1SC[C@H]2[C@@H]3CS[C@@H](Cl)[C@@H]3[C@H]21. The van der Waals surface area contributed by atoms with Crippen molar-refractivity contribution in [3.05, 3.63) is 0 Å². The molecule has 2 saturated heterocycles. The molecule has 2 heterocycles. The van der Waals surface area contributed by atoms with E-state index in [9.17, 15) is 0 Å². The quantitative estimate of drug-likeness (QED) is 0.598. The van der Waals surface area contributed by atoms with Crippen LogP contribution in [-0.4, -0.2) is 20.9 Å². The van der Waals surface area contributed by atoms with Crippen LogP contribution in [0.3, 0.4) is 0 Å². The van der Waals surface area contributed by atoms with Gasteiger partial charge in [-0.25, -0.2) is 0 Å². The summed E-state index contributed by atoms with van der Waals surface area (Å²) in [6.45, 7) is 0. The van der Waals surface area contributed by atoms with Crippen molar-refractivity contribution in [3.8, 4) is 0 Å². The molecule has 0 nitrogen and oxygen atoms in total. The highest BCUT2D eigenvalue weighted by Crippen LogP contribution is 2.65. The van der Waals surface area contributed by atoms with Crippen molar-refractivity contribution in [3.63, 3.8) is 0 Å². The Kier molecular flexibility index (Phi) is 2.06. The van der Waals surface area contributed by atoms with Crippen molar-refractivity contribution in [2.45, 2.75) is 9.42 Å². The number of fused-ring (bicyclic) bond motifs is 4. The Morgan fingerprint density at radius 1 is 0.833 bits per heavy atom. The third-order valence-electron chi connectivity index (χ3n) is 3.48. The molecule has 2 aliphatic heterocycles. The molecule has 0 N–H and O–H groups in total. The molecule has 4 heteroatoms. The third kappa shape index (κ3) is 0.958. The van der Waals surface area contributed by atoms with Crippen LogP contribution in [-0.2, 0) is 0 Å². The van der Waals surface area contributed by atoms with Gasteiger partial charge in [0.05, 0.1) is 9.42 Å². The highest BCUT2D eigenvalue weighted by Gasteiger charge is 2.61. The van der Waals surface area contributed by atoms with Gasteiger partial charge in [0.15, 0.2) is 0 Å². The summed E-state index contributed by atoms with van der Waals surface area (Å²) >= 11 is 16.3. The fourth-order valence-electron chi connectivity index (χ4n) is 2.83. The Balaban J connectivity index is 1.84. The predicted molar refractivity (Wildman–Crippen MR) is 58.2 cm³/mol. The zero-order valence-electron chi connectivity index (χ0n) is 6.45. The molecular formula is C8H10Cl2S2. The van der Waals surface area contributed by atoms with E-state index in [0.29, 0.717) is 9.42 Å². The Morgan fingerprint density at radius 2 is 1.25 bits per heavy atom. The van der Waals surface area contributed by atoms with Gasteiger partial charge < -0.3 is 0 Å². The second kappa shape index (κ2) is 2.88. The molecule has 12 heavy (non-hydrogen) atoms. The number of thioether (sulfide) groups is 2. The van der Waals surface area contributed by atoms with Crippen LogP contribution in [0.25, 0.3) is 0 Å². The highest BCUT2D eigenvalue weighted by atomic mass is 35.5. The Labute approximate surface area is 91.1 Å². The summed E-state index contributed by atoms with van der Waals surface area (Å²) in [4.78, 5) is 0. The lowest BCUT2D eigenvalue weighted by Gasteiger charge is -2.46. The number of rotatable bonds is 0.